The van der Waals surface area contributed by atoms with Gasteiger partial charge in [0.2, 0.25) is 10.0 Å². The maximum absolute atomic E-state index is 12.5. The maximum Gasteiger partial charge on any atom is 0.243 e. The summed E-state index contributed by atoms with van der Waals surface area (Å²) in [7, 11) is 2.40. The van der Waals surface area contributed by atoms with Gasteiger partial charge in [-0.25, -0.2) is 8.42 Å². The predicted molar refractivity (Wildman–Crippen MR) is 83.6 cm³/mol. The molecular formula is C14H25N3O2S. The van der Waals surface area contributed by atoms with Crippen molar-refractivity contribution in [3.05, 3.63) is 24.3 Å². The van der Waals surface area contributed by atoms with Gasteiger partial charge in [-0.3, -0.25) is 0 Å². The normalized spacial score (nSPS) is 12.1. The predicted octanol–water partition coefficient (Wildman–Crippen LogP) is 1.69. The largest absolute Gasteiger partial charge is 0.388 e. The molecule has 0 saturated carbocycles. The molecule has 1 N–H and O–H groups in total. The summed E-state index contributed by atoms with van der Waals surface area (Å²) in [4.78, 5) is 2.41. The standard InChI is InChI=1S/C14H25N3O2S/c1-5-17(12-6-11-16(3)4)20(18,19)14-9-7-13(15-2)8-10-14/h7-10,15H,5-6,11-12H2,1-4H3. The summed E-state index contributed by atoms with van der Waals surface area (Å²) in [6.45, 7) is 3.79. The van der Waals surface area contributed by atoms with Crippen molar-refractivity contribution in [2.24, 2.45) is 0 Å². The Kier molecular flexibility index (Phi) is 6.45. The second-order valence-corrected chi connectivity index (χ2v) is 6.87. The summed E-state index contributed by atoms with van der Waals surface area (Å²) in [5.41, 5.74) is 0.902. The van der Waals surface area contributed by atoms with Gasteiger partial charge in [0.25, 0.3) is 0 Å². The average molecular weight is 299 g/mol. The van der Waals surface area contributed by atoms with Crippen LogP contribution in [0.25, 0.3) is 0 Å². The Labute approximate surface area is 122 Å². The summed E-state index contributed by atoms with van der Waals surface area (Å²) in [5, 5.41) is 2.98. The molecule has 6 heteroatoms. The minimum Gasteiger partial charge on any atom is -0.388 e. The molecule has 114 valence electrons. The van der Waals surface area contributed by atoms with Crippen LogP contribution in [0.4, 0.5) is 5.69 Å². The minimum atomic E-state index is -3.39. The van der Waals surface area contributed by atoms with Crippen molar-refractivity contribution in [2.75, 3.05) is 46.1 Å². The first-order chi connectivity index (χ1) is 9.41. The third-order valence-corrected chi connectivity index (χ3v) is 5.13. The SMILES string of the molecule is CCN(CCCN(C)C)S(=O)(=O)c1ccc(NC)cc1. The highest BCUT2D eigenvalue weighted by Gasteiger charge is 2.22. The van der Waals surface area contributed by atoms with E-state index in [0.29, 0.717) is 18.0 Å². The highest BCUT2D eigenvalue weighted by atomic mass is 32.2. The fraction of sp³-hybridized carbons (Fsp3) is 0.571. The van der Waals surface area contributed by atoms with Gasteiger partial charge in [-0.05, 0) is 51.3 Å². The number of sulfonamides is 1. The van der Waals surface area contributed by atoms with Crippen LogP contribution in [0.1, 0.15) is 13.3 Å². The first-order valence-electron chi connectivity index (χ1n) is 6.84. The van der Waals surface area contributed by atoms with Crippen LogP contribution in [0.2, 0.25) is 0 Å². The van der Waals surface area contributed by atoms with Crippen molar-refractivity contribution < 1.29 is 8.42 Å². The molecule has 1 aromatic rings. The smallest absolute Gasteiger partial charge is 0.243 e. The Morgan fingerprint density at radius 3 is 2.15 bits per heavy atom. The second-order valence-electron chi connectivity index (χ2n) is 4.93. The molecule has 1 rings (SSSR count). The summed E-state index contributed by atoms with van der Waals surface area (Å²) >= 11 is 0. The van der Waals surface area contributed by atoms with Gasteiger partial charge in [0, 0.05) is 25.8 Å². The zero-order valence-electron chi connectivity index (χ0n) is 12.8. The molecule has 0 radical (unpaired) electrons. The van der Waals surface area contributed by atoms with Crippen molar-refractivity contribution in [3.8, 4) is 0 Å². The molecule has 0 bridgehead atoms. The molecule has 0 aliphatic heterocycles. The van der Waals surface area contributed by atoms with Gasteiger partial charge in [0.05, 0.1) is 4.90 Å². The topological polar surface area (TPSA) is 52.7 Å². The lowest BCUT2D eigenvalue weighted by molar-refractivity contribution is 0.356. The Bertz CT molecular complexity index is 498. The van der Waals surface area contributed by atoms with Crippen LogP contribution >= 0.6 is 0 Å². The van der Waals surface area contributed by atoms with Gasteiger partial charge in [0.15, 0.2) is 0 Å². The van der Waals surface area contributed by atoms with E-state index in [1.165, 1.54) is 4.31 Å². The molecule has 0 aliphatic carbocycles. The molecule has 0 unspecified atom stereocenters. The Balaban J connectivity index is 2.82. The van der Waals surface area contributed by atoms with E-state index in [2.05, 4.69) is 10.2 Å². The average Bonchev–Trinajstić information content (AvgIpc) is 2.43. The van der Waals surface area contributed by atoms with Crippen molar-refractivity contribution in [1.29, 1.82) is 0 Å². The van der Waals surface area contributed by atoms with E-state index in [1.54, 1.807) is 24.3 Å². The van der Waals surface area contributed by atoms with Crippen LogP contribution in [0, 0.1) is 0 Å². The summed E-state index contributed by atoms with van der Waals surface area (Å²) in [5.74, 6) is 0. The van der Waals surface area contributed by atoms with Crippen LogP contribution in [0.15, 0.2) is 29.2 Å². The lowest BCUT2D eigenvalue weighted by atomic mass is 10.3. The van der Waals surface area contributed by atoms with Crippen LogP contribution in [-0.2, 0) is 10.0 Å². The number of nitrogens with one attached hydrogen (secondary N) is 1. The fourth-order valence-corrected chi connectivity index (χ4v) is 3.44. The van der Waals surface area contributed by atoms with Gasteiger partial charge >= 0.3 is 0 Å². The summed E-state index contributed by atoms with van der Waals surface area (Å²) < 4.78 is 26.6. The number of hydrogen-bond donors (Lipinski definition) is 1. The molecule has 1 aromatic carbocycles. The van der Waals surface area contributed by atoms with Crippen LogP contribution in [0.3, 0.4) is 0 Å². The molecule has 5 nitrogen and oxygen atoms in total. The first-order valence-corrected chi connectivity index (χ1v) is 8.28. The van der Waals surface area contributed by atoms with Gasteiger partial charge in [-0.2, -0.15) is 4.31 Å². The zero-order chi connectivity index (χ0) is 15.2. The molecule has 0 heterocycles. The highest BCUT2D eigenvalue weighted by molar-refractivity contribution is 7.89. The summed E-state index contributed by atoms with van der Waals surface area (Å²) in [6, 6.07) is 6.85. The van der Waals surface area contributed by atoms with Gasteiger partial charge < -0.3 is 10.2 Å². The first kappa shape index (κ1) is 16.9. The minimum absolute atomic E-state index is 0.350. The molecule has 0 amide bonds. The van der Waals surface area contributed by atoms with Crippen molar-refractivity contribution >= 4 is 15.7 Å². The number of benzene rings is 1. The monoisotopic (exact) mass is 299 g/mol. The molecular weight excluding hydrogens is 274 g/mol. The Morgan fingerprint density at radius 2 is 1.70 bits per heavy atom. The third-order valence-electron chi connectivity index (χ3n) is 3.15. The Morgan fingerprint density at radius 1 is 1.10 bits per heavy atom. The van der Waals surface area contributed by atoms with Crippen molar-refractivity contribution in [2.45, 2.75) is 18.2 Å². The molecule has 0 atom stereocenters. The van der Waals surface area contributed by atoms with E-state index in [9.17, 15) is 8.42 Å². The van der Waals surface area contributed by atoms with E-state index in [0.717, 1.165) is 18.7 Å². The lowest BCUT2D eigenvalue weighted by Crippen LogP contribution is -2.33. The molecule has 0 spiro atoms. The van der Waals surface area contributed by atoms with E-state index < -0.39 is 10.0 Å². The molecule has 0 aromatic heterocycles. The van der Waals surface area contributed by atoms with Crippen LogP contribution in [0.5, 0.6) is 0 Å². The maximum atomic E-state index is 12.5. The van der Waals surface area contributed by atoms with Crippen LogP contribution in [-0.4, -0.2) is 58.4 Å². The van der Waals surface area contributed by atoms with E-state index >= 15 is 0 Å². The number of rotatable bonds is 8. The van der Waals surface area contributed by atoms with Crippen LogP contribution < -0.4 is 5.32 Å². The van der Waals surface area contributed by atoms with E-state index in [4.69, 9.17) is 0 Å². The van der Waals surface area contributed by atoms with Crippen molar-refractivity contribution in [1.82, 2.24) is 9.21 Å². The molecule has 0 aliphatic rings. The number of nitrogens with zero attached hydrogens (tertiary/aromatic N) is 2. The third kappa shape index (κ3) is 4.47. The molecule has 0 saturated heterocycles. The molecule has 20 heavy (non-hydrogen) atoms. The highest BCUT2D eigenvalue weighted by Crippen LogP contribution is 2.18. The van der Waals surface area contributed by atoms with E-state index in [-0.39, 0.29) is 0 Å². The number of hydrogen-bond acceptors (Lipinski definition) is 4. The van der Waals surface area contributed by atoms with Crippen molar-refractivity contribution in [3.63, 3.8) is 0 Å². The van der Waals surface area contributed by atoms with Gasteiger partial charge in [-0.1, -0.05) is 6.92 Å². The number of anilines is 1. The summed E-state index contributed by atoms with van der Waals surface area (Å²) in [6.07, 6.45) is 0.828. The van der Waals surface area contributed by atoms with Gasteiger partial charge in [0.1, 0.15) is 0 Å². The Hall–Kier alpha value is -1.11. The van der Waals surface area contributed by atoms with E-state index in [1.807, 2.05) is 28.1 Å². The van der Waals surface area contributed by atoms with Gasteiger partial charge in [-0.15, -0.1) is 0 Å². The fourth-order valence-electron chi connectivity index (χ4n) is 1.95. The zero-order valence-corrected chi connectivity index (χ0v) is 13.6. The lowest BCUT2D eigenvalue weighted by Gasteiger charge is -2.21. The molecule has 0 fully saturated rings. The quantitative estimate of drug-likeness (QED) is 0.794. The second kappa shape index (κ2) is 7.61.